The standard InChI is InChI=1S/C13H24N4O/c1-4-6-11-12(17-14)15-9-16-13(11)18-8-5-7-10(2)3/h9-10H,4-8,14H2,1-3H3,(H,15,16,17). The number of hydrogen-bond donors (Lipinski definition) is 2. The van der Waals surface area contributed by atoms with Gasteiger partial charge in [-0.25, -0.2) is 15.8 Å². The summed E-state index contributed by atoms with van der Waals surface area (Å²) in [6, 6.07) is 0. The van der Waals surface area contributed by atoms with Crippen LogP contribution < -0.4 is 16.0 Å². The lowest BCUT2D eigenvalue weighted by Crippen LogP contribution is -2.13. The van der Waals surface area contributed by atoms with Gasteiger partial charge in [0.05, 0.1) is 12.2 Å². The highest BCUT2D eigenvalue weighted by atomic mass is 16.5. The summed E-state index contributed by atoms with van der Waals surface area (Å²) in [6.45, 7) is 7.22. The molecule has 0 amide bonds. The molecular formula is C13H24N4O. The van der Waals surface area contributed by atoms with E-state index >= 15 is 0 Å². The van der Waals surface area contributed by atoms with Crippen LogP contribution in [0.2, 0.25) is 0 Å². The predicted molar refractivity (Wildman–Crippen MR) is 73.4 cm³/mol. The second-order valence-corrected chi connectivity index (χ2v) is 4.78. The molecule has 1 aromatic heterocycles. The Morgan fingerprint density at radius 3 is 2.78 bits per heavy atom. The van der Waals surface area contributed by atoms with Gasteiger partial charge in [-0.2, -0.15) is 0 Å². The Morgan fingerprint density at radius 1 is 1.39 bits per heavy atom. The van der Waals surface area contributed by atoms with E-state index in [9.17, 15) is 0 Å². The van der Waals surface area contributed by atoms with Crippen molar-refractivity contribution in [2.45, 2.75) is 46.5 Å². The summed E-state index contributed by atoms with van der Waals surface area (Å²) in [7, 11) is 0. The van der Waals surface area contributed by atoms with Crippen LogP contribution in [0.3, 0.4) is 0 Å². The molecule has 102 valence electrons. The first kappa shape index (κ1) is 14.7. The van der Waals surface area contributed by atoms with Crippen LogP contribution in [-0.2, 0) is 6.42 Å². The molecule has 18 heavy (non-hydrogen) atoms. The third-order valence-electron chi connectivity index (χ3n) is 2.71. The maximum Gasteiger partial charge on any atom is 0.221 e. The summed E-state index contributed by atoms with van der Waals surface area (Å²) >= 11 is 0. The molecule has 5 nitrogen and oxygen atoms in total. The Morgan fingerprint density at radius 2 is 2.17 bits per heavy atom. The minimum atomic E-state index is 0.656. The van der Waals surface area contributed by atoms with Crippen LogP contribution >= 0.6 is 0 Å². The molecule has 0 aliphatic carbocycles. The molecule has 0 bridgehead atoms. The van der Waals surface area contributed by atoms with Gasteiger partial charge in [-0.3, -0.25) is 0 Å². The number of aromatic nitrogens is 2. The van der Waals surface area contributed by atoms with E-state index in [1.165, 1.54) is 6.33 Å². The second-order valence-electron chi connectivity index (χ2n) is 4.78. The van der Waals surface area contributed by atoms with Gasteiger partial charge in [0.1, 0.15) is 12.1 Å². The van der Waals surface area contributed by atoms with Crippen molar-refractivity contribution in [1.82, 2.24) is 9.97 Å². The molecule has 0 atom stereocenters. The first-order valence-corrected chi connectivity index (χ1v) is 6.62. The molecule has 0 aliphatic heterocycles. The maximum atomic E-state index is 5.74. The Bertz CT molecular complexity index is 355. The molecule has 0 fully saturated rings. The maximum absolute atomic E-state index is 5.74. The highest BCUT2D eigenvalue weighted by Crippen LogP contribution is 2.23. The van der Waals surface area contributed by atoms with Crippen molar-refractivity contribution < 1.29 is 4.74 Å². The zero-order valence-electron chi connectivity index (χ0n) is 11.6. The number of nitrogens with two attached hydrogens (primary N) is 1. The van der Waals surface area contributed by atoms with E-state index in [2.05, 4.69) is 36.2 Å². The number of anilines is 1. The van der Waals surface area contributed by atoms with Crippen LogP contribution in [0.15, 0.2) is 6.33 Å². The molecule has 1 aromatic rings. The fourth-order valence-electron chi connectivity index (χ4n) is 1.78. The van der Waals surface area contributed by atoms with Gasteiger partial charge in [0.15, 0.2) is 0 Å². The zero-order valence-corrected chi connectivity index (χ0v) is 11.6. The van der Waals surface area contributed by atoms with E-state index in [0.29, 0.717) is 24.2 Å². The average Bonchev–Trinajstić information content (AvgIpc) is 2.36. The van der Waals surface area contributed by atoms with Crippen molar-refractivity contribution >= 4 is 5.82 Å². The molecule has 0 saturated carbocycles. The first-order chi connectivity index (χ1) is 8.69. The zero-order chi connectivity index (χ0) is 13.4. The third-order valence-corrected chi connectivity index (χ3v) is 2.71. The quantitative estimate of drug-likeness (QED) is 0.422. The fourth-order valence-corrected chi connectivity index (χ4v) is 1.78. The largest absolute Gasteiger partial charge is 0.477 e. The number of nitrogens with one attached hydrogen (secondary N) is 1. The Kier molecular flexibility index (Phi) is 6.43. The van der Waals surface area contributed by atoms with Gasteiger partial charge in [0, 0.05) is 0 Å². The van der Waals surface area contributed by atoms with Gasteiger partial charge in [-0.15, -0.1) is 0 Å². The summed E-state index contributed by atoms with van der Waals surface area (Å²) in [5.41, 5.74) is 3.56. The number of hydrogen-bond acceptors (Lipinski definition) is 5. The lowest BCUT2D eigenvalue weighted by Gasteiger charge is -2.13. The molecule has 0 spiro atoms. The lowest BCUT2D eigenvalue weighted by molar-refractivity contribution is 0.283. The lowest BCUT2D eigenvalue weighted by atomic mass is 10.1. The van der Waals surface area contributed by atoms with Crippen molar-refractivity contribution in [2.75, 3.05) is 12.0 Å². The molecule has 5 heteroatoms. The van der Waals surface area contributed by atoms with Gasteiger partial charge in [-0.05, 0) is 25.2 Å². The minimum Gasteiger partial charge on any atom is -0.477 e. The van der Waals surface area contributed by atoms with E-state index in [1.807, 2.05) is 0 Å². The highest BCUT2D eigenvalue weighted by Gasteiger charge is 2.11. The minimum absolute atomic E-state index is 0.656. The molecule has 0 saturated heterocycles. The van der Waals surface area contributed by atoms with E-state index in [0.717, 1.165) is 31.2 Å². The highest BCUT2D eigenvalue weighted by molar-refractivity contribution is 5.47. The van der Waals surface area contributed by atoms with E-state index < -0.39 is 0 Å². The van der Waals surface area contributed by atoms with Gasteiger partial charge >= 0.3 is 0 Å². The summed E-state index contributed by atoms with van der Waals surface area (Å²) in [6.07, 6.45) is 5.55. The third kappa shape index (κ3) is 4.49. The Hall–Kier alpha value is -1.36. The fraction of sp³-hybridized carbons (Fsp3) is 0.692. The molecule has 0 unspecified atom stereocenters. The summed E-state index contributed by atoms with van der Waals surface area (Å²) < 4.78 is 5.74. The van der Waals surface area contributed by atoms with Crippen LogP contribution in [0, 0.1) is 5.92 Å². The summed E-state index contributed by atoms with van der Waals surface area (Å²) in [4.78, 5) is 8.30. The average molecular weight is 252 g/mol. The van der Waals surface area contributed by atoms with E-state index in [1.54, 1.807) is 0 Å². The number of nitrogen functional groups attached to an aromatic ring is 1. The number of hydrazine groups is 1. The smallest absolute Gasteiger partial charge is 0.221 e. The molecule has 0 aliphatic rings. The Balaban J connectivity index is 2.63. The van der Waals surface area contributed by atoms with E-state index in [4.69, 9.17) is 10.6 Å². The van der Waals surface area contributed by atoms with Crippen LogP contribution in [0.25, 0.3) is 0 Å². The molecule has 0 aromatic carbocycles. The van der Waals surface area contributed by atoms with Crippen LogP contribution in [-0.4, -0.2) is 16.6 Å². The van der Waals surface area contributed by atoms with Crippen molar-refractivity contribution in [3.63, 3.8) is 0 Å². The van der Waals surface area contributed by atoms with E-state index in [-0.39, 0.29) is 0 Å². The van der Waals surface area contributed by atoms with Gasteiger partial charge in [-0.1, -0.05) is 27.2 Å². The summed E-state index contributed by atoms with van der Waals surface area (Å²) in [5.74, 6) is 7.47. The van der Waals surface area contributed by atoms with Crippen LogP contribution in [0.4, 0.5) is 5.82 Å². The number of ether oxygens (including phenoxy) is 1. The molecule has 3 N–H and O–H groups in total. The normalized spacial score (nSPS) is 10.7. The van der Waals surface area contributed by atoms with Gasteiger partial charge in [0.2, 0.25) is 5.88 Å². The second kappa shape index (κ2) is 7.87. The SMILES string of the molecule is CCCc1c(NN)ncnc1OCCCC(C)C. The molecule has 1 rings (SSSR count). The van der Waals surface area contributed by atoms with Crippen LogP contribution in [0.5, 0.6) is 5.88 Å². The van der Waals surface area contributed by atoms with Gasteiger partial charge < -0.3 is 10.2 Å². The predicted octanol–water partition coefficient (Wildman–Crippen LogP) is 2.53. The van der Waals surface area contributed by atoms with Crippen molar-refractivity contribution in [2.24, 2.45) is 11.8 Å². The van der Waals surface area contributed by atoms with Gasteiger partial charge in [0.25, 0.3) is 0 Å². The first-order valence-electron chi connectivity index (χ1n) is 6.62. The number of rotatable bonds is 8. The number of nitrogens with zero attached hydrogens (tertiary/aromatic N) is 2. The topological polar surface area (TPSA) is 73.1 Å². The monoisotopic (exact) mass is 252 g/mol. The van der Waals surface area contributed by atoms with Crippen molar-refractivity contribution in [1.29, 1.82) is 0 Å². The Labute approximate surface area is 109 Å². The summed E-state index contributed by atoms with van der Waals surface area (Å²) in [5, 5.41) is 0. The van der Waals surface area contributed by atoms with Crippen LogP contribution in [0.1, 0.15) is 45.6 Å². The van der Waals surface area contributed by atoms with Crippen molar-refractivity contribution in [3.05, 3.63) is 11.9 Å². The molecule has 1 heterocycles. The molecule has 0 radical (unpaired) electrons. The molecular weight excluding hydrogens is 228 g/mol. The van der Waals surface area contributed by atoms with Crippen molar-refractivity contribution in [3.8, 4) is 5.88 Å².